The SMILES string of the molecule is CC(C)c1ccc2c(c1)CC(CO)C2. The summed E-state index contributed by atoms with van der Waals surface area (Å²) in [6.45, 7) is 4.77. The second-order valence-corrected chi connectivity index (χ2v) is 4.64. The first-order chi connectivity index (χ1) is 6.70. The lowest BCUT2D eigenvalue weighted by molar-refractivity contribution is 0.232. The van der Waals surface area contributed by atoms with Gasteiger partial charge in [0, 0.05) is 6.61 Å². The van der Waals surface area contributed by atoms with Crippen LogP contribution in [0.2, 0.25) is 0 Å². The molecule has 1 nitrogen and oxygen atoms in total. The first-order valence-corrected chi connectivity index (χ1v) is 5.43. The lowest BCUT2D eigenvalue weighted by Crippen LogP contribution is -2.04. The third-order valence-corrected chi connectivity index (χ3v) is 3.17. The highest BCUT2D eigenvalue weighted by Crippen LogP contribution is 2.29. The fourth-order valence-corrected chi connectivity index (χ4v) is 2.22. The number of aliphatic hydroxyl groups is 1. The maximum Gasteiger partial charge on any atom is 0.0465 e. The highest BCUT2D eigenvalue weighted by Gasteiger charge is 2.20. The average Bonchev–Trinajstić information content (AvgIpc) is 2.58. The quantitative estimate of drug-likeness (QED) is 0.759. The molecule has 1 heteroatoms. The van der Waals surface area contributed by atoms with Crippen LogP contribution in [-0.4, -0.2) is 11.7 Å². The molecule has 1 aliphatic carbocycles. The highest BCUT2D eigenvalue weighted by molar-refractivity contribution is 5.37. The number of fused-ring (bicyclic) bond motifs is 1. The molecule has 0 fully saturated rings. The van der Waals surface area contributed by atoms with Crippen LogP contribution in [0.5, 0.6) is 0 Å². The zero-order valence-corrected chi connectivity index (χ0v) is 8.96. The summed E-state index contributed by atoms with van der Waals surface area (Å²) in [5.41, 5.74) is 4.31. The number of hydrogen-bond acceptors (Lipinski definition) is 1. The Morgan fingerprint density at radius 1 is 1.29 bits per heavy atom. The predicted octanol–water partition coefficient (Wildman–Crippen LogP) is 2.52. The van der Waals surface area contributed by atoms with E-state index in [9.17, 15) is 0 Å². The van der Waals surface area contributed by atoms with Gasteiger partial charge in [0.2, 0.25) is 0 Å². The molecular formula is C13H18O. The highest BCUT2D eigenvalue weighted by atomic mass is 16.3. The van der Waals surface area contributed by atoms with Gasteiger partial charge in [0.05, 0.1) is 0 Å². The fraction of sp³-hybridized carbons (Fsp3) is 0.538. The average molecular weight is 190 g/mol. The minimum Gasteiger partial charge on any atom is -0.396 e. The van der Waals surface area contributed by atoms with Gasteiger partial charge >= 0.3 is 0 Å². The molecule has 1 N–H and O–H groups in total. The maximum atomic E-state index is 9.12. The van der Waals surface area contributed by atoms with Gasteiger partial charge in [-0.05, 0) is 41.4 Å². The lowest BCUT2D eigenvalue weighted by Gasteiger charge is -2.07. The van der Waals surface area contributed by atoms with Gasteiger partial charge in [-0.25, -0.2) is 0 Å². The molecule has 1 unspecified atom stereocenters. The third kappa shape index (κ3) is 1.69. The Morgan fingerprint density at radius 2 is 2.00 bits per heavy atom. The van der Waals surface area contributed by atoms with Crippen molar-refractivity contribution in [3.63, 3.8) is 0 Å². The molecule has 0 spiro atoms. The van der Waals surface area contributed by atoms with E-state index in [4.69, 9.17) is 5.11 Å². The van der Waals surface area contributed by atoms with E-state index in [2.05, 4.69) is 32.0 Å². The second-order valence-electron chi connectivity index (χ2n) is 4.64. The van der Waals surface area contributed by atoms with Crippen LogP contribution in [0.3, 0.4) is 0 Å². The van der Waals surface area contributed by atoms with E-state index in [0.29, 0.717) is 18.4 Å². The molecule has 0 saturated heterocycles. The van der Waals surface area contributed by atoms with Crippen molar-refractivity contribution in [3.05, 3.63) is 34.9 Å². The largest absolute Gasteiger partial charge is 0.396 e. The van der Waals surface area contributed by atoms with Crippen molar-refractivity contribution in [3.8, 4) is 0 Å². The van der Waals surface area contributed by atoms with E-state index in [0.717, 1.165) is 12.8 Å². The summed E-state index contributed by atoms with van der Waals surface area (Å²) in [6.07, 6.45) is 2.12. The first-order valence-electron chi connectivity index (χ1n) is 5.43. The third-order valence-electron chi connectivity index (χ3n) is 3.17. The Morgan fingerprint density at radius 3 is 2.64 bits per heavy atom. The first kappa shape index (κ1) is 9.72. The summed E-state index contributed by atoms with van der Waals surface area (Å²) in [5.74, 6) is 1.07. The summed E-state index contributed by atoms with van der Waals surface area (Å²) >= 11 is 0. The summed E-state index contributed by atoms with van der Waals surface area (Å²) in [4.78, 5) is 0. The second kappa shape index (κ2) is 3.74. The number of rotatable bonds is 2. The zero-order valence-electron chi connectivity index (χ0n) is 8.96. The molecular weight excluding hydrogens is 172 g/mol. The van der Waals surface area contributed by atoms with Gasteiger partial charge in [-0.3, -0.25) is 0 Å². The molecule has 0 aliphatic heterocycles. The molecule has 0 saturated carbocycles. The van der Waals surface area contributed by atoms with E-state index in [1.54, 1.807) is 0 Å². The molecule has 0 bridgehead atoms. The molecule has 1 atom stereocenters. The van der Waals surface area contributed by atoms with Crippen molar-refractivity contribution < 1.29 is 5.11 Å². The summed E-state index contributed by atoms with van der Waals surface area (Å²) in [6, 6.07) is 6.78. The monoisotopic (exact) mass is 190 g/mol. The molecule has 0 radical (unpaired) electrons. The Hall–Kier alpha value is -0.820. The van der Waals surface area contributed by atoms with Crippen LogP contribution in [0, 0.1) is 5.92 Å². The van der Waals surface area contributed by atoms with Crippen LogP contribution in [-0.2, 0) is 12.8 Å². The van der Waals surface area contributed by atoms with Crippen LogP contribution >= 0.6 is 0 Å². The van der Waals surface area contributed by atoms with E-state index < -0.39 is 0 Å². The molecule has 14 heavy (non-hydrogen) atoms. The fourth-order valence-electron chi connectivity index (χ4n) is 2.22. The van der Waals surface area contributed by atoms with E-state index >= 15 is 0 Å². The zero-order chi connectivity index (χ0) is 10.1. The van der Waals surface area contributed by atoms with Gasteiger partial charge in [0.1, 0.15) is 0 Å². The van der Waals surface area contributed by atoms with Crippen molar-refractivity contribution in [2.75, 3.05) is 6.61 Å². The summed E-state index contributed by atoms with van der Waals surface area (Å²) in [7, 11) is 0. The van der Waals surface area contributed by atoms with Crippen LogP contribution in [0.1, 0.15) is 36.5 Å². The Balaban J connectivity index is 2.26. The maximum absolute atomic E-state index is 9.12. The molecule has 76 valence electrons. The predicted molar refractivity (Wildman–Crippen MR) is 58.5 cm³/mol. The number of hydrogen-bond donors (Lipinski definition) is 1. The number of aliphatic hydroxyl groups excluding tert-OH is 1. The van der Waals surface area contributed by atoms with Gasteiger partial charge < -0.3 is 5.11 Å². The van der Waals surface area contributed by atoms with Crippen LogP contribution in [0.25, 0.3) is 0 Å². The van der Waals surface area contributed by atoms with E-state index in [1.807, 2.05) is 0 Å². The summed E-state index contributed by atoms with van der Waals surface area (Å²) < 4.78 is 0. The lowest BCUT2D eigenvalue weighted by atomic mass is 9.99. The Labute approximate surface area is 85.8 Å². The Kier molecular flexibility index (Phi) is 2.60. The standard InChI is InChI=1S/C13H18O/c1-9(2)11-3-4-12-5-10(8-14)6-13(12)7-11/h3-4,7,9-10,14H,5-6,8H2,1-2H3. The van der Waals surface area contributed by atoms with Gasteiger partial charge in [-0.1, -0.05) is 32.0 Å². The van der Waals surface area contributed by atoms with Gasteiger partial charge in [-0.15, -0.1) is 0 Å². The topological polar surface area (TPSA) is 20.2 Å². The molecule has 1 aromatic carbocycles. The van der Waals surface area contributed by atoms with Gasteiger partial charge in [-0.2, -0.15) is 0 Å². The minimum atomic E-state index is 0.325. The minimum absolute atomic E-state index is 0.325. The van der Waals surface area contributed by atoms with Crippen LogP contribution in [0.4, 0.5) is 0 Å². The van der Waals surface area contributed by atoms with Crippen molar-refractivity contribution in [1.29, 1.82) is 0 Å². The molecule has 1 aliphatic rings. The van der Waals surface area contributed by atoms with Crippen molar-refractivity contribution in [1.82, 2.24) is 0 Å². The normalized spacial score (nSPS) is 20.1. The van der Waals surface area contributed by atoms with E-state index in [-0.39, 0.29) is 0 Å². The van der Waals surface area contributed by atoms with Crippen LogP contribution in [0.15, 0.2) is 18.2 Å². The van der Waals surface area contributed by atoms with E-state index in [1.165, 1.54) is 16.7 Å². The molecule has 1 aromatic rings. The smallest absolute Gasteiger partial charge is 0.0465 e. The number of benzene rings is 1. The van der Waals surface area contributed by atoms with Crippen molar-refractivity contribution >= 4 is 0 Å². The molecule has 0 aromatic heterocycles. The van der Waals surface area contributed by atoms with Crippen molar-refractivity contribution in [2.45, 2.75) is 32.6 Å². The van der Waals surface area contributed by atoms with Gasteiger partial charge in [0.15, 0.2) is 0 Å². The molecule has 2 rings (SSSR count). The van der Waals surface area contributed by atoms with Crippen molar-refractivity contribution in [2.24, 2.45) is 5.92 Å². The Bertz CT molecular complexity index is 328. The van der Waals surface area contributed by atoms with Crippen LogP contribution < -0.4 is 0 Å². The summed E-state index contributed by atoms with van der Waals surface area (Å²) in [5, 5.41) is 9.12. The van der Waals surface area contributed by atoms with Gasteiger partial charge in [0.25, 0.3) is 0 Å². The molecule has 0 amide bonds. The molecule has 0 heterocycles.